The van der Waals surface area contributed by atoms with Crippen molar-refractivity contribution in [1.29, 1.82) is 0 Å². The molecule has 0 saturated carbocycles. The minimum Gasteiger partial charge on any atom is -0.370 e. The Balaban J connectivity index is 2.03. The molecule has 2 aromatic rings. The molecule has 3 nitrogen and oxygen atoms in total. The van der Waals surface area contributed by atoms with Crippen LogP contribution >= 0.6 is 11.3 Å². The van der Waals surface area contributed by atoms with Crippen LogP contribution in [0.15, 0.2) is 23.6 Å². The van der Waals surface area contributed by atoms with Gasteiger partial charge >= 0.3 is 6.18 Å². The van der Waals surface area contributed by atoms with Gasteiger partial charge in [0, 0.05) is 12.6 Å². The zero-order chi connectivity index (χ0) is 12.8. The predicted octanol–water partition coefficient (Wildman–Crippen LogP) is 3.53. The summed E-state index contributed by atoms with van der Waals surface area (Å²) in [6, 6.07) is 3.85. The first-order valence-corrected chi connectivity index (χ1v) is 6.38. The fourth-order valence-corrected chi connectivity index (χ4v) is 2.75. The first-order chi connectivity index (χ1) is 8.55. The number of aromatic nitrogens is 2. The second-order valence-electron chi connectivity index (χ2n) is 4.11. The van der Waals surface area contributed by atoms with Crippen LogP contribution in [-0.4, -0.2) is 22.5 Å². The molecule has 18 heavy (non-hydrogen) atoms. The molecule has 1 N–H and O–H groups in total. The lowest BCUT2D eigenvalue weighted by Crippen LogP contribution is -2.33. The van der Waals surface area contributed by atoms with E-state index in [1.54, 1.807) is 6.07 Å². The van der Waals surface area contributed by atoms with Gasteiger partial charge in [-0.2, -0.15) is 18.3 Å². The Kier molecular flexibility index (Phi) is 2.58. The highest BCUT2D eigenvalue weighted by atomic mass is 32.1. The minimum absolute atomic E-state index is 0.0159. The number of nitrogens with one attached hydrogen (secondary N) is 1. The molecule has 0 saturated heterocycles. The molecule has 7 heteroatoms. The Labute approximate surface area is 105 Å². The van der Waals surface area contributed by atoms with Crippen molar-refractivity contribution in [2.24, 2.45) is 0 Å². The Bertz CT molecular complexity index is 544. The largest absolute Gasteiger partial charge is 0.410 e. The molecule has 0 aromatic carbocycles. The number of nitrogens with zero attached hydrogens (tertiary/aromatic N) is 2. The van der Waals surface area contributed by atoms with Gasteiger partial charge < -0.3 is 5.32 Å². The number of hydrogen-bond donors (Lipinski definition) is 1. The summed E-state index contributed by atoms with van der Waals surface area (Å²) >= 11 is 1.46. The van der Waals surface area contributed by atoms with Crippen LogP contribution in [0.3, 0.4) is 0 Å². The van der Waals surface area contributed by atoms with E-state index in [2.05, 4.69) is 10.4 Å². The first-order valence-electron chi connectivity index (χ1n) is 5.50. The van der Waals surface area contributed by atoms with E-state index in [4.69, 9.17) is 0 Å². The second kappa shape index (κ2) is 4.01. The molecule has 1 aliphatic rings. The van der Waals surface area contributed by atoms with Gasteiger partial charge in [-0.05, 0) is 17.9 Å². The summed E-state index contributed by atoms with van der Waals surface area (Å²) in [5.74, 6) is 0.437. The van der Waals surface area contributed by atoms with E-state index < -0.39 is 12.2 Å². The summed E-state index contributed by atoms with van der Waals surface area (Å²) in [6.45, 7) is 0.319. The van der Waals surface area contributed by atoms with Crippen LogP contribution in [0.25, 0.3) is 10.6 Å². The van der Waals surface area contributed by atoms with Crippen molar-refractivity contribution in [3.8, 4) is 10.6 Å². The lowest BCUT2D eigenvalue weighted by Gasteiger charge is -2.27. The van der Waals surface area contributed by atoms with Gasteiger partial charge in [0.15, 0.2) is 6.04 Å². The highest BCUT2D eigenvalue weighted by Gasteiger charge is 2.43. The topological polar surface area (TPSA) is 29.9 Å². The Hall–Kier alpha value is -1.50. The van der Waals surface area contributed by atoms with Crippen molar-refractivity contribution >= 4 is 17.2 Å². The molecule has 1 aliphatic heterocycles. The number of thiophene rings is 1. The molecule has 1 unspecified atom stereocenters. The maximum absolute atomic E-state index is 12.9. The fraction of sp³-hybridized carbons (Fsp3) is 0.364. The van der Waals surface area contributed by atoms with E-state index in [1.807, 2.05) is 17.5 Å². The molecule has 3 heterocycles. The standard InChI is InChI=1S/C11H10F3N3S/c12-11(13,14)9-3-4-15-10-6-7(16-17(9)10)8-2-1-5-18-8/h1-2,5-6,9,15H,3-4H2. The zero-order valence-electron chi connectivity index (χ0n) is 9.24. The number of halogens is 3. The summed E-state index contributed by atoms with van der Waals surface area (Å²) in [5, 5.41) is 8.92. The zero-order valence-corrected chi connectivity index (χ0v) is 10.1. The number of alkyl halides is 3. The number of fused-ring (bicyclic) bond motifs is 1. The summed E-state index contributed by atoms with van der Waals surface area (Å²) in [7, 11) is 0. The molecule has 2 aromatic heterocycles. The summed E-state index contributed by atoms with van der Waals surface area (Å²) in [4.78, 5) is 0.875. The van der Waals surface area contributed by atoms with E-state index >= 15 is 0 Å². The smallest absolute Gasteiger partial charge is 0.370 e. The van der Waals surface area contributed by atoms with Crippen molar-refractivity contribution < 1.29 is 13.2 Å². The number of anilines is 1. The molecule has 0 fully saturated rings. The van der Waals surface area contributed by atoms with Crippen LogP contribution in [-0.2, 0) is 0 Å². The van der Waals surface area contributed by atoms with E-state index in [-0.39, 0.29) is 6.42 Å². The molecule has 0 radical (unpaired) electrons. The van der Waals surface area contributed by atoms with Gasteiger partial charge in [-0.1, -0.05) is 6.07 Å². The van der Waals surface area contributed by atoms with Gasteiger partial charge in [0.25, 0.3) is 0 Å². The third-order valence-electron chi connectivity index (χ3n) is 2.91. The van der Waals surface area contributed by atoms with Gasteiger partial charge in [-0.25, -0.2) is 4.68 Å². The lowest BCUT2D eigenvalue weighted by molar-refractivity contribution is -0.171. The number of hydrogen-bond acceptors (Lipinski definition) is 3. The monoisotopic (exact) mass is 273 g/mol. The fourth-order valence-electron chi connectivity index (χ4n) is 2.07. The van der Waals surface area contributed by atoms with Crippen LogP contribution in [0.1, 0.15) is 12.5 Å². The Morgan fingerprint density at radius 2 is 2.28 bits per heavy atom. The van der Waals surface area contributed by atoms with Crippen molar-refractivity contribution in [2.75, 3.05) is 11.9 Å². The molecule has 0 spiro atoms. The average Bonchev–Trinajstić information content (AvgIpc) is 2.95. The van der Waals surface area contributed by atoms with Crippen LogP contribution in [0.4, 0.5) is 19.0 Å². The van der Waals surface area contributed by atoms with Crippen molar-refractivity contribution in [2.45, 2.75) is 18.6 Å². The molecular formula is C11H10F3N3S. The van der Waals surface area contributed by atoms with Gasteiger partial charge in [-0.3, -0.25) is 0 Å². The maximum atomic E-state index is 12.9. The summed E-state index contributed by atoms with van der Waals surface area (Å²) in [6.07, 6.45) is -4.24. The van der Waals surface area contributed by atoms with Gasteiger partial charge in [0.1, 0.15) is 11.5 Å². The molecule has 1 atom stereocenters. The normalized spacial score (nSPS) is 19.4. The Morgan fingerprint density at radius 1 is 1.44 bits per heavy atom. The summed E-state index contributed by atoms with van der Waals surface area (Å²) in [5.41, 5.74) is 0.587. The van der Waals surface area contributed by atoms with Crippen molar-refractivity contribution in [3.05, 3.63) is 23.6 Å². The minimum atomic E-state index is -4.25. The number of rotatable bonds is 1. The van der Waals surface area contributed by atoms with E-state index in [0.29, 0.717) is 18.1 Å². The Morgan fingerprint density at radius 3 is 2.94 bits per heavy atom. The van der Waals surface area contributed by atoms with Crippen LogP contribution in [0.5, 0.6) is 0 Å². The molecule has 0 amide bonds. The van der Waals surface area contributed by atoms with E-state index in [1.165, 1.54) is 11.3 Å². The molecule has 96 valence electrons. The highest BCUT2D eigenvalue weighted by molar-refractivity contribution is 7.13. The van der Waals surface area contributed by atoms with Crippen LogP contribution in [0.2, 0.25) is 0 Å². The van der Waals surface area contributed by atoms with Gasteiger partial charge in [0.2, 0.25) is 0 Å². The molecular weight excluding hydrogens is 263 g/mol. The quantitative estimate of drug-likeness (QED) is 0.861. The van der Waals surface area contributed by atoms with Gasteiger partial charge in [-0.15, -0.1) is 11.3 Å². The third kappa shape index (κ3) is 1.88. The maximum Gasteiger partial charge on any atom is 0.410 e. The first kappa shape index (κ1) is 11.6. The second-order valence-corrected chi connectivity index (χ2v) is 5.06. The molecule has 0 aliphatic carbocycles. The highest BCUT2D eigenvalue weighted by Crippen LogP contribution is 2.39. The van der Waals surface area contributed by atoms with Crippen LogP contribution in [0, 0.1) is 0 Å². The third-order valence-corrected chi connectivity index (χ3v) is 3.80. The van der Waals surface area contributed by atoms with Crippen molar-refractivity contribution in [1.82, 2.24) is 9.78 Å². The lowest BCUT2D eigenvalue weighted by atomic mass is 10.1. The SMILES string of the molecule is FC(F)(F)C1CCNc2cc(-c3cccs3)nn21. The molecule has 3 rings (SSSR count). The van der Waals surface area contributed by atoms with E-state index in [0.717, 1.165) is 9.56 Å². The molecule has 0 bridgehead atoms. The average molecular weight is 273 g/mol. The van der Waals surface area contributed by atoms with E-state index in [9.17, 15) is 13.2 Å². The van der Waals surface area contributed by atoms with Gasteiger partial charge in [0.05, 0.1) is 4.88 Å². The summed E-state index contributed by atoms with van der Waals surface area (Å²) < 4.78 is 39.7. The predicted molar refractivity (Wildman–Crippen MR) is 63.7 cm³/mol. The van der Waals surface area contributed by atoms with Crippen molar-refractivity contribution in [3.63, 3.8) is 0 Å². The van der Waals surface area contributed by atoms with Crippen LogP contribution < -0.4 is 5.32 Å².